The molecule has 0 saturated heterocycles. The molecule has 0 radical (unpaired) electrons. The quantitative estimate of drug-likeness (QED) is 0.585. The molecular formula is C10H8N2SSe. The maximum absolute atomic E-state index is 3.95. The number of hydrogen-bond acceptors (Lipinski definition) is 3. The van der Waals surface area contributed by atoms with E-state index in [1.54, 1.807) is 11.3 Å². The van der Waals surface area contributed by atoms with Crippen molar-refractivity contribution in [1.82, 2.24) is 9.19 Å². The van der Waals surface area contributed by atoms with Crippen molar-refractivity contribution in [1.29, 1.82) is 0 Å². The fourth-order valence-corrected chi connectivity index (χ4v) is 2.58. The van der Waals surface area contributed by atoms with Crippen LogP contribution in [-0.4, -0.2) is 23.9 Å². The van der Waals surface area contributed by atoms with E-state index in [4.69, 9.17) is 0 Å². The number of fused-ring (bicyclic) bond motifs is 1. The van der Waals surface area contributed by atoms with E-state index in [0.29, 0.717) is 0 Å². The minimum Gasteiger partial charge on any atom is -0.152 e. The van der Waals surface area contributed by atoms with Gasteiger partial charge in [-0.2, -0.15) is 11.3 Å². The van der Waals surface area contributed by atoms with Crippen molar-refractivity contribution in [2.75, 3.05) is 0 Å². The van der Waals surface area contributed by atoms with Gasteiger partial charge in [0.1, 0.15) is 0 Å². The van der Waals surface area contributed by atoms with Crippen molar-refractivity contribution in [2.45, 2.75) is 0 Å². The molecule has 0 aliphatic carbocycles. The van der Waals surface area contributed by atoms with Crippen molar-refractivity contribution >= 4 is 35.8 Å². The SMILES string of the molecule is c1ccc2[se]nnc2c1.c1ccsc1. The van der Waals surface area contributed by atoms with Gasteiger partial charge in [0.05, 0.1) is 0 Å². The molecule has 0 spiro atoms. The summed E-state index contributed by atoms with van der Waals surface area (Å²) < 4.78 is 5.24. The van der Waals surface area contributed by atoms with Gasteiger partial charge in [0.25, 0.3) is 0 Å². The van der Waals surface area contributed by atoms with Crippen LogP contribution in [-0.2, 0) is 0 Å². The van der Waals surface area contributed by atoms with E-state index >= 15 is 0 Å². The van der Waals surface area contributed by atoms with Crippen molar-refractivity contribution in [3.05, 3.63) is 47.2 Å². The normalized spacial score (nSPS) is 9.43. The molecular weight excluding hydrogens is 259 g/mol. The molecule has 0 atom stereocenters. The summed E-state index contributed by atoms with van der Waals surface area (Å²) in [5.74, 6) is 0. The van der Waals surface area contributed by atoms with Crippen LogP contribution in [0.3, 0.4) is 0 Å². The summed E-state index contributed by atoms with van der Waals surface area (Å²) >= 11 is 1.97. The Hall–Kier alpha value is -0.961. The average Bonchev–Trinajstić information content (AvgIpc) is 2.92. The van der Waals surface area contributed by atoms with Crippen LogP contribution >= 0.6 is 11.3 Å². The first-order valence-electron chi connectivity index (χ1n) is 4.11. The van der Waals surface area contributed by atoms with E-state index in [9.17, 15) is 0 Å². The van der Waals surface area contributed by atoms with Crippen LogP contribution < -0.4 is 0 Å². The summed E-state index contributed by atoms with van der Waals surface area (Å²) in [6.07, 6.45) is 0. The first kappa shape index (κ1) is 9.59. The topological polar surface area (TPSA) is 25.8 Å². The molecule has 70 valence electrons. The second-order valence-corrected chi connectivity index (χ2v) is 5.00. The maximum Gasteiger partial charge on any atom is -0.00934 e. The van der Waals surface area contributed by atoms with E-state index in [0.717, 1.165) is 5.52 Å². The predicted molar refractivity (Wildman–Crippen MR) is 60.8 cm³/mol. The first-order chi connectivity index (χ1) is 6.97. The summed E-state index contributed by atoms with van der Waals surface area (Å²) in [6.45, 7) is 0. The van der Waals surface area contributed by atoms with Gasteiger partial charge >= 0.3 is 58.0 Å². The van der Waals surface area contributed by atoms with E-state index in [-0.39, 0.29) is 14.7 Å². The van der Waals surface area contributed by atoms with Crippen molar-refractivity contribution in [2.24, 2.45) is 0 Å². The number of benzene rings is 1. The fourth-order valence-electron chi connectivity index (χ4n) is 0.952. The van der Waals surface area contributed by atoms with Gasteiger partial charge in [-0.25, -0.2) is 0 Å². The fraction of sp³-hybridized carbons (Fsp3) is 0. The Morgan fingerprint density at radius 3 is 2.43 bits per heavy atom. The monoisotopic (exact) mass is 268 g/mol. The Morgan fingerprint density at radius 2 is 1.79 bits per heavy atom. The molecule has 2 aromatic heterocycles. The zero-order valence-corrected chi connectivity index (χ0v) is 9.86. The van der Waals surface area contributed by atoms with Gasteiger partial charge in [-0.1, -0.05) is 12.1 Å². The molecule has 1 aromatic carbocycles. The zero-order valence-electron chi connectivity index (χ0n) is 7.33. The molecule has 0 amide bonds. The Balaban J connectivity index is 0.000000128. The molecule has 0 saturated carbocycles. The van der Waals surface area contributed by atoms with Gasteiger partial charge in [-0.15, -0.1) is 0 Å². The minimum absolute atomic E-state index is 0.261. The van der Waals surface area contributed by atoms with Crippen LogP contribution in [0.1, 0.15) is 0 Å². The van der Waals surface area contributed by atoms with Crippen LogP contribution in [0.4, 0.5) is 0 Å². The molecule has 0 fully saturated rings. The number of hydrogen-bond donors (Lipinski definition) is 0. The van der Waals surface area contributed by atoms with Gasteiger partial charge < -0.3 is 0 Å². The first-order valence-corrected chi connectivity index (χ1v) is 6.67. The Morgan fingerprint density at radius 1 is 1.00 bits per heavy atom. The van der Waals surface area contributed by atoms with E-state index in [2.05, 4.69) is 15.3 Å². The molecule has 0 unspecified atom stereocenters. The smallest absolute Gasteiger partial charge is 0.00934 e. The molecule has 3 rings (SSSR count). The third-order valence-corrected chi connectivity index (χ3v) is 3.69. The summed E-state index contributed by atoms with van der Waals surface area (Å²) in [5, 5.41) is 8.04. The molecule has 2 heterocycles. The van der Waals surface area contributed by atoms with Crippen LogP contribution in [0.5, 0.6) is 0 Å². The largest absolute Gasteiger partial charge is 0.152 e. The van der Waals surface area contributed by atoms with Gasteiger partial charge in [0.2, 0.25) is 0 Å². The summed E-state index contributed by atoms with van der Waals surface area (Å²) in [4.78, 5) is 0. The van der Waals surface area contributed by atoms with Gasteiger partial charge in [-0.3, -0.25) is 0 Å². The molecule has 0 bridgehead atoms. The molecule has 3 aromatic rings. The van der Waals surface area contributed by atoms with Crippen molar-refractivity contribution in [3.63, 3.8) is 0 Å². The molecule has 2 nitrogen and oxygen atoms in total. The number of aromatic nitrogens is 2. The third-order valence-electron chi connectivity index (χ3n) is 1.58. The Bertz CT molecular complexity index is 428. The standard InChI is InChI=1S/C6H4N2Se.C4H4S/c1-2-4-6-5(3-1)7-8-9-6;1-2-4-5-3-1/h1-4H;1-4H. The Kier molecular flexibility index (Phi) is 3.46. The molecule has 0 aliphatic heterocycles. The summed E-state index contributed by atoms with van der Waals surface area (Å²) in [5.41, 5.74) is 1.05. The number of thiophene rings is 1. The summed E-state index contributed by atoms with van der Waals surface area (Å²) in [7, 11) is 0. The van der Waals surface area contributed by atoms with Crippen molar-refractivity contribution < 1.29 is 0 Å². The number of nitrogens with zero attached hydrogens (tertiary/aromatic N) is 2. The van der Waals surface area contributed by atoms with Crippen LogP contribution in [0, 0.1) is 0 Å². The van der Waals surface area contributed by atoms with Gasteiger partial charge in [0, 0.05) is 0 Å². The zero-order chi connectivity index (χ0) is 9.64. The number of rotatable bonds is 0. The molecule has 4 heteroatoms. The second-order valence-electron chi connectivity index (χ2n) is 2.53. The third kappa shape index (κ3) is 2.51. The van der Waals surface area contributed by atoms with Crippen LogP contribution in [0.15, 0.2) is 47.2 Å². The Labute approximate surface area is 92.2 Å². The maximum atomic E-state index is 3.95. The van der Waals surface area contributed by atoms with Gasteiger partial charge in [-0.05, 0) is 10.8 Å². The van der Waals surface area contributed by atoms with E-state index < -0.39 is 0 Å². The van der Waals surface area contributed by atoms with Crippen LogP contribution in [0.2, 0.25) is 0 Å². The van der Waals surface area contributed by atoms with E-state index in [1.165, 1.54) is 4.26 Å². The molecule has 0 aliphatic rings. The molecule has 14 heavy (non-hydrogen) atoms. The average molecular weight is 267 g/mol. The minimum atomic E-state index is 0.261. The van der Waals surface area contributed by atoms with Crippen LogP contribution in [0.25, 0.3) is 9.78 Å². The second kappa shape index (κ2) is 5.05. The predicted octanol–water partition coefficient (Wildman–Crippen LogP) is 2.43. The molecule has 0 N–H and O–H groups in total. The summed E-state index contributed by atoms with van der Waals surface area (Å²) in [6, 6.07) is 12.1. The van der Waals surface area contributed by atoms with Gasteiger partial charge in [0.15, 0.2) is 0 Å². The van der Waals surface area contributed by atoms with E-state index in [1.807, 2.05) is 41.1 Å². The van der Waals surface area contributed by atoms with Crippen molar-refractivity contribution in [3.8, 4) is 0 Å².